The molecule has 4 nitrogen and oxygen atoms in total. The van der Waals surface area contributed by atoms with Gasteiger partial charge < -0.3 is 4.98 Å². The third-order valence-electron chi connectivity index (χ3n) is 6.92. The molecule has 3 heterocycles. The van der Waals surface area contributed by atoms with Gasteiger partial charge in [-0.05, 0) is 17.8 Å². The Morgan fingerprint density at radius 3 is 2.32 bits per heavy atom. The summed E-state index contributed by atoms with van der Waals surface area (Å²) in [6, 6.07) is 40.5. The molecule has 38 heavy (non-hydrogen) atoms. The summed E-state index contributed by atoms with van der Waals surface area (Å²) in [7, 11) is 2.02. The number of hydrogen-bond donors (Lipinski definition) is 0. The van der Waals surface area contributed by atoms with Crippen LogP contribution in [0.4, 0.5) is 17.1 Å². The summed E-state index contributed by atoms with van der Waals surface area (Å²) >= 11 is 0. The van der Waals surface area contributed by atoms with E-state index in [2.05, 4.69) is 89.0 Å². The van der Waals surface area contributed by atoms with Crippen LogP contribution in [0.3, 0.4) is 0 Å². The van der Waals surface area contributed by atoms with Crippen molar-refractivity contribution in [1.29, 1.82) is 0 Å². The quantitative estimate of drug-likeness (QED) is 0.149. The van der Waals surface area contributed by atoms with E-state index in [0.29, 0.717) is 0 Å². The Hall–Kier alpha value is -4.01. The first kappa shape index (κ1) is 25.6. The van der Waals surface area contributed by atoms with E-state index in [0.717, 1.165) is 34.0 Å². The molecular formula is C33H26IrN4. The summed E-state index contributed by atoms with van der Waals surface area (Å²) in [4.78, 5) is 8.87. The fourth-order valence-corrected chi connectivity index (χ4v) is 5.05. The second-order valence-electron chi connectivity index (χ2n) is 9.64. The number of fused-ring (bicyclic) bond motifs is 4. The van der Waals surface area contributed by atoms with E-state index < -0.39 is 0 Å². The molecule has 5 aromatic rings. The first-order chi connectivity index (χ1) is 18.0. The van der Waals surface area contributed by atoms with Gasteiger partial charge in [0.1, 0.15) is 5.69 Å². The number of hydrogen-bond acceptors (Lipinski definition) is 2. The number of benzene rings is 3. The van der Waals surface area contributed by atoms with Crippen molar-refractivity contribution in [3.63, 3.8) is 0 Å². The van der Waals surface area contributed by atoms with Crippen LogP contribution < -0.4 is 4.58 Å². The predicted molar refractivity (Wildman–Crippen MR) is 148 cm³/mol. The maximum Gasteiger partial charge on any atom is 0.494 e. The molecule has 187 valence electrons. The summed E-state index contributed by atoms with van der Waals surface area (Å²) < 4.78 is 4.11. The van der Waals surface area contributed by atoms with Crippen molar-refractivity contribution in [2.24, 2.45) is 0 Å². The van der Waals surface area contributed by atoms with Gasteiger partial charge in [-0.25, -0.2) is 0 Å². The van der Waals surface area contributed by atoms with Crippen LogP contribution in [0.15, 0.2) is 103 Å². The van der Waals surface area contributed by atoms with Crippen molar-refractivity contribution in [2.75, 3.05) is 7.05 Å². The Balaban J connectivity index is 0.000000191. The Morgan fingerprint density at radius 2 is 1.55 bits per heavy atom. The van der Waals surface area contributed by atoms with Gasteiger partial charge in [0.05, 0.1) is 0 Å². The molecule has 2 aromatic heterocycles. The van der Waals surface area contributed by atoms with E-state index in [-0.39, 0.29) is 25.5 Å². The molecule has 0 saturated carbocycles. The molecule has 0 bridgehead atoms. The van der Waals surface area contributed by atoms with Gasteiger partial charge in [0.2, 0.25) is 0 Å². The summed E-state index contributed by atoms with van der Waals surface area (Å²) in [5.74, 6) is 0. The Labute approximate surface area is 237 Å². The summed E-state index contributed by atoms with van der Waals surface area (Å²) in [5, 5.41) is 0. The molecule has 0 saturated heterocycles. The maximum absolute atomic E-state index is 4.65. The third kappa shape index (κ3) is 4.46. The fourth-order valence-electron chi connectivity index (χ4n) is 5.05. The summed E-state index contributed by atoms with van der Waals surface area (Å²) in [5.41, 5.74) is 10.1. The maximum atomic E-state index is 4.65. The van der Waals surface area contributed by atoms with Gasteiger partial charge in [0.25, 0.3) is 11.4 Å². The van der Waals surface area contributed by atoms with Crippen LogP contribution in [0.1, 0.15) is 25.1 Å². The molecule has 1 aliphatic heterocycles. The molecule has 1 aliphatic carbocycles. The number of para-hydroxylation sites is 2. The van der Waals surface area contributed by atoms with Crippen molar-refractivity contribution in [3.8, 4) is 22.4 Å². The Bertz CT molecular complexity index is 1650. The second-order valence-corrected chi connectivity index (χ2v) is 9.64. The van der Waals surface area contributed by atoms with E-state index in [4.69, 9.17) is 0 Å². The number of rotatable bonds is 2. The summed E-state index contributed by atoms with van der Waals surface area (Å²) in [6.07, 6.45) is 3.67. The molecule has 0 fully saturated rings. The van der Waals surface area contributed by atoms with Crippen LogP contribution in [-0.4, -0.2) is 27.6 Å². The van der Waals surface area contributed by atoms with Crippen LogP contribution in [-0.2, 0) is 25.5 Å². The van der Waals surface area contributed by atoms with Crippen molar-refractivity contribution in [1.82, 2.24) is 14.5 Å². The van der Waals surface area contributed by atoms with Crippen LogP contribution >= 0.6 is 0 Å². The van der Waals surface area contributed by atoms with Gasteiger partial charge in [0.15, 0.2) is 7.05 Å². The van der Waals surface area contributed by atoms with Crippen molar-refractivity contribution >= 4 is 23.1 Å². The van der Waals surface area contributed by atoms with Crippen LogP contribution in [0.5, 0.6) is 0 Å². The molecule has 0 atom stereocenters. The van der Waals surface area contributed by atoms with Gasteiger partial charge in [-0.3, -0.25) is 4.98 Å². The Morgan fingerprint density at radius 1 is 0.789 bits per heavy atom. The number of pyridine rings is 2. The molecule has 0 unspecified atom stereocenters. The molecule has 0 spiro atoms. The van der Waals surface area contributed by atoms with Crippen LogP contribution in [0.2, 0.25) is 0 Å². The SMILES string of the molecule is C[N+]1=C=[N+](c2[c-]cc3c(c2)C(C)(C)c2ncccc2-3)c2ccccc21.[Ir].[c-]1ccccc1-c1ccccn1. The second kappa shape index (κ2) is 10.4. The largest absolute Gasteiger partial charge is 0.494 e. The van der Waals surface area contributed by atoms with E-state index in [1.54, 1.807) is 6.20 Å². The zero-order chi connectivity index (χ0) is 25.4. The van der Waals surface area contributed by atoms with Crippen LogP contribution in [0, 0.1) is 12.1 Å². The van der Waals surface area contributed by atoms with Gasteiger partial charge in [-0.2, -0.15) is 6.07 Å². The van der Waals surface area contributed by atoms with Crippen LogP contribution in [0.25, 0.3) is 22.4 Å². The minimum atomic E-state index is -0.110. The first-order valence-corrected chi connectivity index (χ1v) is 12.3. The van der Waals surface area contributed by atoms with Crippen molar-refractivity contribution in [2.45, 2.75) is 19.3 Å². The van der Waals surface area contributed by atoms with Crippen molar-refractivity contribution in [3.05, 3.63) is 127 Å². The average molecular weight is 671 g/mol. The summed E-state index contributed by atoms with van der Waals surface area (Å²) in [6.45, 7) is 4.48. The van der Waals surface area contributed by atoms with E-state index in [1.807, 2.05) is 66.4 Å². The molecule has 2 aliphatic rings. The van der Waals surface area contributed by atoms with E-state index in [9.17, 15) is 0 Å². The molecule has 1 radical (unpaired) electrons. The minimum Gasteiger partial charge on any atom is -0.305 e. The topological polar surface area (TPSA) is 31.8 Å². The van der Waals surface area contributed by atoms with Gasteiger partial charge in [0, 0.05) is 55.7 Å². The average Bonchev–Trinajstić information content (AvgIpc) is 3.41. The molecule has 7 rings (SSSR count). The zero-order valence-electron chi connectivity index (χ0n) is 21.4. The number of aromatic nitrogens is 2. The molecular weight excluding hydrogens is 645 g/mol. The van der Waals surface area contributed by atoms with Crippen molar-refractivity contribution < 1.29 is 24.7 Å². The standard InChI is InChI=1S/C22H18N3.C11H8N.Ir/c1-22(2)18-13-15(10-11-16(18)17-7-6-12-23-21(17)22)25-14-24(3)19-8-4-5-9-20(19)25;1-2-6-10(7-3-1)11-8-4-5-9-12-11;/h4-9,11-13H,1-3H3;1-6,8-9H;/q+1;-1;. The van der Waals surface area contributed by atoms with E-state index >= 15 is 0 Å². The minimum absolute atomic E-state index is 0. The monoisotopic (exact) mass is 671 g/mol. The molecule has 0 amide bonds. The smallest absolute Gasteiger partial charge is 0.305 e. The molecule has 3 aromatic carbocycles. The van der Waals surface area contributed by atoms with Gasteiger partial charge in [-0.1, -0.05) is 65.0 Å². The first-order valence-electron chi connectivity index (χ1n) is 12.3. The third-order valence-corrected chi connectivity index (χ3v) is 6.92. The normalized spacial score (nSPS) is 13.6. The zero-order valence-corrected chi connectivity index (χ0v) is 23.8. The van der Waals surface area contributed by atoms with E-state index in [1.165, 1.54) is 16.7 Å². The Kier molecular flexibility index (Phi) is 7.01. The molecule has 5 heteroatoms. The predicted octanol–water partition coefficient (Wildman–Crippen LogP) is 7.03. The van der Waals surface area contributed by atoms with Gasteiger partial charge >= 0.3 is 6.01 Å². The number of nitrogens with zero attached hydrogens (tertiary/aromatic N) is 4. The van der Waals surface area contributed by atoms with Gasteiger partial charge in [-0.15, -0.1) is 53.1 Å². The molecule has 0 N–H and O–H groups in total. The fraction of sp³-hybridized carbons (Fsp3) is 0.121.